The number of fused-ring (bicyclic) bond motifs is 1. The zero-order valence-corrected chi connectivity index (χ0v) is 11.7. The average Bonchev–Trinajstić information content (AvgIpc) is 2.81. The second kappa shape index (κ2) is 5.17. The van der Waals surface area contributed by atoms with Crippen molar-refractivity contribution < 1.29 is 4.79 Å². The van der Waals surface area contributed by atoms with Gasteiger partial charge in [-0.25, -0.2) is 4.98 Å². The number of carbonyl (C=O) groups excluding carboxylic acids is 1. The van der Waals surface area contributed by atoms with E-state index in [4.69, 9.17) is 0 Å². The highest BCUT2D eigenvalue weighted by molar-refractivity contribution is 7.15. The normalized spacial score (nSPS) is 13.9. The molecule has 19 heavy (non-hydrogen) atoms. The van der Waals surface area contributed by atoms with Gasteiger partial charge in [0.15, 0.2) is 5.13 Å². The summed E-state index contributed by atoms with van der Waals surface area (Å²) in [5.74, 6) is -0.0777. The molecule has 0 unspecified atom stereocenters. The van der Waals surface area contributed by atoms with Crippen LogP contribution in [0.25, 0.3) is 0 Å². The van der Waals surface area contributed by atoms with Crippen LogP contribution in [0.15, 0.2) is 24.3 Å². The molecule has 1 aliphatic rings. The Morgan fingerprint density at radius 3 is 2.68 bits per heavy atom. The molecule has 1 aliphatic carbocycles. The van der Waals surface area contributed by atoms with Crippen LogP contribution in [0, 0.1) is 0 Å². The number of nitrogens with one attached hydrogen (secondary N) is 1. The average molecular weight is 270 g/mol. The molecule has 2 aromatic rings. The number of rotatable bonds is 2. The molecule has 1 aromatic heterocycles. The van der Waals surface area contributed by atoms with Gasteiger partial charge in [-0.15, -0.1) is 11.3 Å². The van der Waals surface area contributed by atoms with E-state index in [1.165, 1.54) is 23.4 Å². The fraction of sp³-hybridized carbons (Fsp3) is 0.286. The maximum Gasteiger partial charge on any atom is 0.257 e. The van der Waals surface area contributed by atoms with E-state index in [-0.39, 0.29) is 5.91 Å². The summed E-state index contributed by atoms with van der Waals surface area (Å²) in [4.78, 5) is 18.0. The molecule has 1 aromatic carbocycles. The lowest BCUT2D eigenvalue weighted by Crippen LogP contribution is -2.13. The van der Waals surface area contributed by atoms with Gasteiger partial charge in [-0.05, 0) is 25.7 Å². The Kier molecular flexibility index (Phi) is 3.38. The quantitative estimate of drug-likeness (QED) is 0.841. The van der Waals surface area contributed by atoms with Crippen LogP contribution in [0.5, 0.6) is 0 Å². The Hall–Kier alpha value is -1.62. The van der Waals surface area contributed by atoms with E-state index in [1.54, 1.807) is 11.3 Å². The molecule has 0 saturated heterocycles. The number of hydrogen-bond donors (Lipinski definition) is 1. The summed E-state index contributed by atoms with van der Waals surface area (Å²) in [6.07, 6.45) is 4.60. The first kappa shape index (κ1) is 12.4. The van der Waals surface area contributed by atoms with E-state index < -0.39 is 0 Å². The van der Waals surface area contributed by atoms with E-state index in [1.807, 2.05) is 32.1 Å². The number of anilines is 1. The molecule has 1 heterocycles. The zero-order valence-electron chi connectivity index (χ0n) is 10.9. The molecule has 3 nitrogen and oxygen atoms in total. The molecule has 1 N–H and O–H groups in total. The molecule has 3 rings (SSSR count). The van der Waals surface area contributed by atoms with Gasteiger partial charge in [-0.2, -0.15) is 0 Å². The minimum Gasteiger partial charge on any atom is -0.298 e. The molecule has 0 aliphatic heterocycles. The van der Waals surface area contributed by atoms with Crippen LogP contribution in [0.2, 0.25) is 0 Å². The molecular formula is C14H15BN2OS. The number of thiazole rings is 1. The molecular weight excluding hydrogens is 255 g/mol. The fourth-order valence-corrected chi connectivity index (χ4v) is 3.32. The SMILES string of the molecule is Bc1ccc(C(=O)Nc2nc3c(s2)CCCC3)cc1. The number of aryl methyl sites for hydroxylation is 2. The van der Waals surface area contributed by atoms with Crippen LogP contribution in [-0.2, 0) is 12.8 Å². The van der Waals surface area contributed by atoms with Crippen molar-refractivity contribution in [3.63, 3.8) is 0 Å². The van der Waals surface area contributed by atoms with Crippen molar-refractivity contribution in [2.24, 2.45) is 0 Å². The minimum absolute atomic E-state index is 0.0777. The van der Waals surface area contributed by atoms with E-state index in [0.717, 1.165) is 23.4 Å². The summed E-state index contributed by atoms with van der Waals surface area (Å²) in [7, 11) is 2.01. The maximum absolute atomic E-state index is 12.1. The first-order valence-corrected chi connectivity index (χ1v) is 7.40. The zero-order chi connectivity index (χ0) is 13.2. The number of benzene rings is 1. The Balaban J connectivity index is 1.75. The minimum atomic E-state index is -0.0777. The van der Waals surface area contributed by atoms with Gasteiger partial charge in [0.1, 0.15) is 7.85 Å². The topological polar surface area (TPSA) is 42.0 Å². The highest BCUT2D eigenvalue weighted by Crippen LogP contribution is 2.29. The van der Waals surface area contributed by atoms with Gasteiger partial charge in [-0.3, -0.25) is 10.1 Å². The molecule has 0 saturated carbocycles. The predicted molar refractivity (Wildman–Crippen MR) is 81.3 cm³/mol. The van der Waals surface area contributed by atoms with Crippen LogP contribution >= 0.6 is 11.3 Å². The Morgan fingerprint density at radius 1 is 1.21 bits per heavy atom. The second-order valence-electron chi connectivity index (χ2n) is 4.92. The number of carbonyl (C=O) groups is 1. The van der Waals surface area contributed by atoms with Crippen molar-refractivity contribution in [3.8, 4) is 0 Å². The molecule has 0 atom stereocenters. The van der Waals surface area contributed by atoms with Crippen molar-refractivity contribution in [1.82, 2.24) is 4.98 Å². The van der Waals surface area contributed by atoms with Crippen molar-refractivity contribution in [2.45, 2.75) is 25.7 Å². The summed E-state index contributed by atoms with van der Waals surface area (Å²) in [5.41, 5.74) is 3.01. The van der Waals surface area contributed by atoms with E-state index in [2.05, 4.69) is 10.3 Å². The van der Waals surface area contributed by atoms with Crippen molar-refractivity contribution in [3.05, 3.63) is 40.4 Å². The third-order valence-corrected chi connectivity index (χ3v) is 4.45. The monoisotopic (exact) mass is 270 g/mol. The Bertz CT molecular complexity index is 583. The lowest BCUT2D eigenvalue weighted by molar-refractivity contribution is 0.102. The first-order chi connectivity index (χ1) is 9.22. The van der Waals surface area contributed by atoms with E-state index in [0.29, 0.717) is 5.56 Å². The van der Waals surface area contributed by atoms with Gasteiger partial charge in [0.05, 0.1) is 5.69 Å². The number of hydrogen-bond acceptors (Lipinski definition) is 3. The number of nitrogens with zero attached hydrogens (tertiary/aromatic N) is 1. The van der Waals surface area contributed by atoms with Crippen LogP contribution in [0.4, 0.5) is 5.13 Å². The molecule has 0 bridgehead atoms. The number of aromatic nitrogens is 1. The summed E-state index contributed by atoms with van der Waals surface area (Å²) >= 11 is 1.62. The molecule has 0 fully saturated rings. The molecule has 1 amide bonds. The van der Waals surface area contributed by atoms with Crippen molar-refractivity contribution in [2.75, 3.05) is 5.32 Å². The highest BCUT2D eigenvalue weighted by atomic mass is 32.1. The van der Waals surface area contributed by atoms with Crippen LogP contribution in [0.3, 0.4) is 0 Å². The van der Waals surface area contributed by atoms with Gasteiger partial charge in [0.2, 0.25) is 0 Å². The second-order valence-corrected chi connectivity index (χ2v) is 6.00. The van der Waals surface area contributed by atoms with Crippen molar-refractivity contribution in [1.29, 1.82) is 0 Å². The van der Waals surface area contributed by atoms with Gasteiger partial charge < -0.3 is 0 Å². The number of amides is 1. The summed E-state index contributed by atoms with van der Waals surface area (Å²) in [6, 6.07) is 7.58. The highest BCUT2D eigenvalue weighted by Gasteiger charge is 2.16. The summed E-state index contributed by atoms with van der Waals surface area (Å²) in [6.45, 7) is 0. The van der Waals surface area contributed by atoms with E-state index in [9.17, 15) is 4.79 Å². The molecule has 0 radical (unpaired) electrons. The summed E-state index contributed by atoms with van der Waals surface area (Å²) < 4.78 is 0. The van der Waals surface area contributed by atoms with Crippen LogP contribution in [-0.4, -0.2) is 18.7 Å². The molecule has 5 heteroatoms. The van der Waals surface area contributed by atoms with Crippen molar-refractivity contribution >= 4 is 35.7 Å². The third-order valence-electron chi connectivity index (χ3n) is 3.38. The van der Waals surface area contributed by atoms with E-state index >= 15 is 0 Å². The Labute approximate surface area is 117 Å². The third kappa shape index (κ3) is 2.71. The standard InChI is InChI=1S/C14H15BN2OS/c15-10-7-5-9(6-8-10)13(18)17-14-16-11-3-1-2-4-12(11)19-14/h5-8H,1-4,15H2,(H,16,17,18). The smallest absolute Gasteiger partial charge is 0.257 e. The lowest BCUT2D eigenvalue weighted by Gasteiger charge is -2.06. The lowest BCUT2D eigenvalue weighted by atomic mass is 9.95. The van der Waals surface area contributed by atoms with Gasteiger partial charge in [0.25, 0.3) is 5.91 Å². The van der Waals surface area contributed by atoms with Crippen LogP contribution in [0.1, 0.15) is 33.8 Å². The molecule has 96 valence electrons. The van der Waals surface area contributed by atoms with Gasteiger partial charge in [-0.1, -0.05) is 29.7 Å². The fourth-order valence-electron chi connectivity index (χ4n) is 2.28. The Morgan fingerprint density at radius 2 is 1.95 bits per heavy atom. The van der Waals surface area contributed by atoms with Gasteiger partial charge >= 0.3 is 0 Å². The largest absolute Gasteiger partial charge is 0.298 e. The predicted octanol–water partition coefficient (Wildman–Crippen LogP) is 1.53. The first-order valence-electron chi connectivity index (χ1n) is 6.59. The molecule has 0 spiro atoms. The van der Waals surface area contributed by atoms with Gasteiger partial charge in [0, 0.05) is 10.4 Å². The summed E-state index contributed by atoms with van der Waals surface area (Å²) in [5, 5.41) is 3.64. The van der Waals surface area contributed by atoms with Crippen LogP contribution < -0.4 is 10.8 Å². The maximum atomic E-state index is 12.1.